The Morgan fingerprint density at radius 3 is 2.58 bits per heavy atom. The molecule has 2 aromatic carbocycles. The van der Waals surface area contributed by atoms with Gasteiger partial charge >= 0.3 is 5.97 Å². The number of benzene rings is 2. The van der Waals surface area contributed by atoms with Gasteiger partial charge in [-0.25, -0.2) is 9.79 Å². The van der Waals surface area contributed by atoms with Gasteiger partial charge in [-0.3, -0.25) is 0 Å². The van der Waals surface area contributed by atoms with Crippen molar-refractivity contribution in [2.24, 2.45) is 4.99 Å². The summed E-state index contributed by atoms with van der Waals surface area (Å²) >= 11 is 1.54. The normalized spacial score (nSPS) is 15.0. The van der Waals surface area contributed by atoms with Gasteiger partial charge in [-0.15, -0.1) is 11.3 Å². The molecule has 0 N–H and O–H groups in total. The van der Waals surface area contributed by atoms with E-state index in [1.165, 1.54) is 0 Å². The molecule has 1 aliphatic rings. The van der Waals surface area contributed by atoms with E-state index < -0.39 is 5.97 Å². The lowest BCUT2D eigenvalue weighted by molar-refractivity contribution is -0.129. The van der Waals surface area contributed by atoms with Crippen LogP contribution in [0, 0.1) is 6.92 Å². The highest BCUT2D eigenvalue weighted by molar-refractivity contribution is 7.14. The number of hydrogen-bond donors (Lipinski definition) is 0. The van der Waals surface area contributed by atoms with Crippen LogP contribution in [0.4, 0.5) is 0 Å². The molecule has 0 spiro atoms. The Labute approximate surface area is 155 Å². The van der Waals surface area contributed by atoms with Gasteiger partial charge in [-0.1, -0.05) is 30.3 Å². The van der Waals surface area contributed by atoms with Gasteiger partial charge in [0.1, 0.15) is 11.5 Å². The van der Waals surface area contributed by atoms with Crippen LogP contribution in [0.15, 0.2) is 77.4 Å². The van der Waals surface area contributed by atoms with Crippen LogP contribution in [-0.2, 0) is 9.53 Å². The number of esters is 1. The van der Waals surface area contributed by atoms with Crippen LogP contribution in [-0.4, -0.2) is 11.9 Å². The number of aryl methyl sites for hydroxylation is 1. The van der Waals surface area contributed by atoms with Crippen LogP contribution >= 0.6 is 11.3 Å². The summed E-state index contributed by atoms with van der Waals surface area (Å²) in [5, 5.41) is 0. The van der Waals surface area contributed by atoms with E-state index in [4.69, 9.17) is 9.47 Å². The molecular weight excluding hydrogens is 346 g/mol. The number of cyclic esters (lactones) is 1. The van der Waals surface area contributed by atoms with E-state index in [9.17, 15) is 4.79 Å². The Hall–Kier alpha value is -3.18. The highest BCUT2D eigenvalue weighted by Gasteiger charge is 2.25. The summed E-state index contributed by atoms with van der Waals surface area (Å²) in [6, 6.07) is 20.9. The summed E-state index contributed by atoms with van der Waals surface area (Å²) in [6.45, 7) is 2.00. The zero-order valence-electron chi connectivity index (χ0n) is 14.0. The van der Waals surface area contributed by atoms with E-state index in [0.717, 1.165) is 21.1 Å². The van der Waals surface area contributed by atoms with Crippen LogP contribution in [0.1, 0.15) is 15.3 Å². The summed E-state index contributed by atoms with van der Waals surface area (Å²) in [4.78, 5) is 18.4. The minimum Gasteiger partial charge on any atom is -0.457 e. The fraction of sp³-hybridized carbons (Fsp3) is 0.0476. The first-order chi connectivity index (χ1) is 12.7. The van der Waals surface area contributed by atoms with Crippen molar-refractivity contribution in [2.75, 3.05) is 0 Å². The predicted molar refractivity (Wildman–Crippen MR) is 103 cm³/mol. The molecule has 0 fully saturated rings. The van der Waals surface area contributed by atoms with Crippen molar-refractivity contribution in [2.45, 2.75) is 6.92 Å². The van der Waals surface area contributed by atoms with Gasteiger partial charge in [0.2, 0.25) is 5.90 Å². The second-order valence-corrected chi connectivity index (χ2v) is 7.02. The monoisotopic (exact) mass is 361 g/mol. The van der Waals surface area contributed by atoms with Gasteiger partial charge in [0, 0.05) is 4.88 Å². The Bertz CT molecular complexity index is 1020. The number of ether oxygens (including phenoxy) is 2. The lowest BCUT2D eigenvalue weighted by atomic mass is 10.2. The molecular formula is C21H15NO3S. The SMILES string of the molecule is Cc1ccc(C2=N/C(=C\c3cccc(Oc4ccccc4)c3)C(=O)O2)s1. The van der Waals surface area contributed by atoms with E-state index in [-0.39, 0.29) is 5.70 Å². The van der Waals surface area contributed by atoms with E-state index >= 15 is 0 Å². The molecule has 4 rings (SSSR count). The van der Waals surface area contributed by atoms with Gasteiger partial charge in [-0.2, -0.15) is 0 Å². The van der Waals surface area contributed by atoms with Gasteiger partial charge in [0.05, 0.1) is 4.88 Å². The van der Waals surface area contributed by atoms with Crippen LogP contribution in [0.3, 0.4) is 0 Å². The standard InChI is InChI=1S/C21H15NO3S/c1-14-10-11-19(26-14)20-22-18(21(23)25-20)13-15-6-5-9-17(12-15)24-16-7-3-2-4-8-16/h2-13H,1H3/b18-13-. The fourth-order valence-corrected chi connectivity index (χ4v) is 3.31. The molecule has 0 saturated carbocycles. The van der Waals surface area contributed by atoms with Crippen molar-refractivity contribution in [3.63, 3.8) is 0 Å². The van der Waals surface area contributed by atoms with Crippen molar-refractivity contribution in [3.05, 3.63) is 87.7 Å². The number of carbonyl (C=O) groups is 1. The van der Waals surface area contributed by atoms with Gasteiger partial charge in [0.15, 0.2) is 5.70 Å². The minimum absolute atomic E-state index is 0.280. The zero-order chi connectivity index (χ0) is 17.9. The molecule has 0 bridgehead atoms. The average Bonchev–Trinajstić information content (AvgIpc) is 3.22. The molecule has 0 amide bonds. The van der Waals surface area contributed by atoms with E-state index in [0.29, 0.717) is 11.6 Å². The Kier molecular flexibility index (Phi) is 4.37. The molecule has 1 aliphatic heterocycles. The lowest BCUT2D eigenvalue weighted by Crippen LogP contribution is -2.03. The summed E-state index contributed by atoms with van der Waals surface area (Å²) in [5.41, 5.74) is 1.10. The van der Waals surface area contributed by atoms with Crippen molar-refractivity contribution < 1.29 is 14.3 Å². The molecule has 128 valence electrons. The Morgan fingerprint density at radius 2 is 1.81 bits per heavy atom. The average molecular weight is 361 g/mol. The number of para-hydroxylation sites is 1. The topological polar surface area (TPSA) is 47.9 Å². The summed E-state index contributed by atoms with van der Waals surface area (Å²) < 4.78 is 11.1. The summed E-state index contributed by atoms with van der Waals surface area (Å²) in [5.74, 6) is 1.36. The first-order valence-corrected chi connectivity index (χ1v) is 8.91. The number of hydrogen-bond acceptors (Lipinski definition) is 5. The lowest BCUT2D eigenvalue weighted by Gasteiger charge is -2.05. The molecule has 0 unspecified atom stereocenters. The molecule has 0 radical (unpaired) electrons. The summed E-state index contributed by atoms with van der Waals surface area (Å²) in [6.07, 6.45) is 1.70. The second-order valence-electron chi connectivity index (χ2n) is 5.73. The van der Waals surface area contributed by atoms with Gasteiger partial charge < -0.3 is 9.47 Å². The molecule has 5 heteroatoms. The van der Waals surface area contributed by atoms with Crippen LogP contribution in [0.5, 0.6) is 11.5 Å². The molecule has 26 heavy (non-hydrogen) atoms. The molecule has 1 aromatic heterocycles. The van der Waals surface area contributed by atoms with Crippen molar-refractivity contribution in [3.8, 4) is 11.5 Å². The quantitative estimate of drug-likeness (QED) is 0.474. The first kappa shape index (κ1) is 16.3. The van der Waals surface area contributed by atoms with Crippen molar-refractivity contribution in [1.82, 2.24) is 0 Å². The van der Waals surface area contributed by atoms with E-state index in [1.54, 1.807) is 17.4 Å². The predicted octanol–water partition coefficient (Wildman–Crippen LogP) is 5.19. The van der Waals surface area contributed by atoms with Crippen LogP contribution in [0.2, 0.25) is 0 Å². The highest BCUT2D eigenvalue weighted by atomic mass is 32.1. The van der Waals surface area contributed by atoms with Crippen molar-refractivity contribution in [1.29, 1.82) is 0 Å². The highest BCUT2D eigenvalue weighted by Crippen LogP contribution is 2.26. The number of rotatable bonds is 4. The van der Waals surface area contributed by atoms with Gasteiger partial charge in [0.25, 0.3) is 0 Å². The number of nitrogens with zero attached hydrogens (tertiary/aromatic N) is 1. The number of carbonyl (C=O) groups excluding carboxylic acids is 1. The molecule has 2 heterocycles. The van der Waals surface area contributed by atoms with Crippen LogP contribution in [0.25, 0.3) is 6.08 Å². The summed E-state index contributed by atoms with van der Waals surface area (Å²) in [7, 11) is 0. The number of thiophene rings is 1. The molecule has 4 nitrogen and oxygen atoms in total. The maximum atomic E-state index is 12.1. The number of aliphatic imine (C=N–C) groups is 1. The minimum atomic E-state index is -0.444. The Balaban J connectivity index is 1.59. The Morgan fingerprint density at radius 1 is 1.00 bits per heavy atom. The molecule has 3 aromatic rings. The smallest absolute Gasteiger partial charge is 0.363 e. The molecule has 0 saturated heterocycles. The van der Waals surface area contributed by atoms with E-state index in [2.05, 4.69) is 4.99 Å². The third-order valence-electron chi connectivity index (χ3n) is 3.71. The maximum absolute atomic E-state index is 12.1. The zero-order valence-corrected chi connectivity index (χ0v) is 14.8. The van der Waals surface area contributed by atoms with Crippen molar-refractivity contribution >= 4 is 29.3 Å². The van der Waals surface area contributed by atoms with Gasteiger partial charge in [-0.05, 0) is 55.0 Å². The van der Waals surface area contributed by atoms with Crippen LogP contribution < -0.4 is 4.74 Å². The third-order valence-corrected chi connectivity index (χ3v) is 4.70. The maximum Gasteiger partial charge on any atom is 0.363 e. The van der Waals surface area contributed by atoms with E-state index in [1.807, 2.05) is 73.7 Å². The largest absolute Gasteiger partial charge is 0.457 e. The second kappa shape index (κ2) is 6.98. The first-order valence-electron chi connectivity index (χ1n) is 8.10. The third kappa shape index (κ3) is 3.58. The molecule has 0 atom stereocenters. The molecule has 0 aliphatic carbocycles. The fourth-order valence-electron chi connectivity index (χ4n) is 2.51.